The Balaban J connectivity index is 2.55. The molecule has 0 radical (unpaired) electrons. The van der Waals surface area contributed by atoms with Gasteiger partial charge in [-0.3, -0.25) is 14.5 Å². The van der Waals surface area contributed by atoms with Crippen molar-refractivity contribution >= 4 is 29.1 Å². The van der Waals surface area contributed by atoms with Crippen LogP contribution < -0.4 is 10.2 Å². The van der Waals surface area contributed by atoms with Crippen LogP contribution in [0.15, 0.2) is 18.2 Å². The molecule has 2 amide bonds. The molecule has 21 heavy (non-hydrogen) atoms. The highest BCUT2D eigenvalue weighted by atomic mass is 35.5. The van der Waals surface area contributed by atoms with Crippen LogP contribution in [0.4, 0.5) is 5.69 Å². The fourth-order valence-corrected chi connectivity index (χ4v) is 3.06. The van der Waals surface area contributed by atoms with Crippen LogP contribution in [0.3, 0.4) is 0 Å². The molecule has 0 bridgehead atoms. The van der Waals surface area contributed by atoms with Crippen molar-refractivity contribution in [3.8, 4) is 0 Å². The second-order valence-electron chi connectivity index (χ2n) is 5.77. The molecule has 1 aliphatic heterocycles. The Hall–Kier alpha value is -1.55. The van der Waals surface area contributed by atoms with Gasteiger partial charge in [-0.1, -0.05) is 44.5 Å². The summed E-state index contributed by atoms with van der Waals surface area (Å²) in [4.78, 5) is 26.8. The van der Waals surface area contributed by atoms with Gasteiger partial charge in [0.1, 0.15) is 12.1 Å². The molecule has 1 aromatic carbocycles. The monoisotopic (exact) mass is 308 g/mol. The van der Waals surface area contributed by atoms with E-state index in [0.29, 0.717) is 17.1 Å². The van der Waals surface area contributed by atoms with Crippen molar-refractivity contribution in [3.63, 3.8) is 0 Å². The summed E-state index contributed by atoms with van der Waals surface area (Å²) in [6.45, 7) is 7.64. The molecule has 2 atom stereocenters. The zero-order valence-electron chi connectivity index (χ0n) is 12.8. The number of aryl methyl sites for hydroxylation is 1. The lowest BCUT2D eigenvalue weighted by Crippen LogP contribution is -2.65. The van der Waals surface area contributed by atoms with Crippen LogP contribution in [0.2, 0.25) is 5.02 Å². The predicted molar refractivity (Wildman–Crippen MR) is 84.5 cm³/mol. The predicted octanol–water partition coefficient (Wildman–Crippen LogP) is 2.91. The lowest BCUT2D eigenvalue weighted by Gasteiger charge is -2.40. The van der Waals surface area contributed by atoms with E-state index in [9.17, 15) is 9.59 Å². The summed E-state index contributed by atoms with van der Waals surface area (Å²) in [6.07, 6.45) is 0.549. The van der Waals surface area contributed by atoms with Gasteiger partial charge in [-0.15, -0.1) is 0 Å². The second kappa shape index (κ2) is 6.06. The van der Waals surface area contributed by atoms with E-state index in [4.69, 9.17) is 11.6 Å². The van der Waals surface area contributed by atoms with E-state index in [1.54, 1.807) is 11.0 Å². The smallest absolute Gasteiger partial charge is 0.250 e. The van der Waals surface area contributed by atoms with E-state index in [2.05, 4.69) is 5.32 Å². The Kier molecular flexibility index (Phi) is 4.57. The summed E-state index contributed by atoms with van der Waals surface area (Å²) in [5.41, 5.74) is 1.54. The molecule has 2 rings (SSSR count). The van der Waals surface area contributed by atoms with Crippen molar-refractivity contribution in [2.24, 2.45) is 5.92 Å². The quantitative estimate of drug-likeness (QED) is 0.933. The number of halogens is 1. The summed E-state index contributed by atoms with van der Waals surface area (Å²) in [5.74, 6) is -0.174. The van der Waals surface area contributed by atoms with Crippen LogP contribution >= 0.6 is 11.6 Å². The molecule has 1 aliphatic rings. The van der Waals surface area contributed by atoms with Crippen LogP contribution in [0.1, 0.15) is 32.8 Å². The first-order chi connectivity index (χ1) is 9.88. The van der Waals surface area contributed by atoms with E-state index in [0.717, 1.165) is 5.56 Å². The number of nitrogens with one attached hydrogen (secondary N) is 1. The first kappa shape index (κ1) is 15.8. The lowest BCUT2D eigenvalue weighted by molar-refractivity contribution is -0.134. The van der Waals surface area contributed by atoms with Crippen LogP contribution in [-0.2, 0) is 9.59 Å². The number of rotatable bonds is 3. The van der Waals surface area contributed by atoms with Crippen molar-refractivity contribution in [1.82, 2.24) is 5.32 Å². The lowest BCUT2D eigenvalue weighted by atomic mass is 9.95. The molecule has 1 saturated heterocycles. The number of hydrogen-bond acceptors (Lipinski definition) is 2. The minimum absolute atomic E-state index is 0.0320. The maximum absolute atomic E-state index is 12.8. The third-order valence-electron chi connectivity index (χ3n) is 3.90. The first-order valence-electron chi connectivity index (χ1n) is 7.27. The van der Waals surface area contributed by atoms with Gasteiger partial charge in [-0.05, 0) is 30.9 Å². The van der Waals surface area contributed by atoms with Crippen LogP contribution in [0.5, 0.6) is 0 Å². The van der Waals surface area contributed by atoms with E-state index in [1.165, 1.54) is 0 Å². The number of para-hydroxylation sites is 1. The Morgan fingerprint density at radius 3 is 2.52 bits per heavy atom. The number of anilines is 1. The third-order valence-corrected chi connectivity index (χ3v) is 4.20. The molecule has 4 nitrogen and oxygen atoms in total. The molecule has 1 fully saturated rings. The Morgan fingerprint density at radius 2 is 2.00 bits per heavy atom. The van der Waals surface area contributed by atoms with Gasteiger partial charge in [0.15, 0.2) is 0 Å². The van der Waals surface area contributed by atoms with Crippen molar-refractivity contribution in [2.45, 2.75) is 46.2 Å². The summed E-state index contributed by atoms with van der Waals surface area (Å²) in [7, 11) is 0. The molecule has 0 spiro atoms. The highest BCUT2D eigenvalue weighted by Gasteiger charge is 2.42. The van der Waals surface area contributed by atoms with Crippen molar-refractivity contribution in [1.29, 1.82) is 0 Å². The van der Waals surface area contributed by atoms with Crippen molar-refractivity contribution < 1.29 is 9.59 Å². The maximum atomic E-state index is 12.8. The number of benzene rings is 1. The van der Waals surface area contributed by atoms with Crippen LogP contribution in [-0.4, -0.2) is 23.9 Å². The molecule has 114 valence electrons. The fourth-order valence-electron chi connectivity index (χ4n) is 2.75. The molecular weight excluding hydrogens is 288 g/mol. The molecule has 1 aromatic rings. The van der Waals surface area contributed by atoms with E-state index in [-0.39, 0.29) is 17.7 Å². The van der Waals surface area contributed by atoms with Crippen LogP contribution in [0, 0.1) is 12.8 Å². The molecule has 0 aliphatic carbocycles. The summed E-state index contributed by atoms with van der Waals surface area (Å²) >= 11 is 6.30. The molecule has 1 heterocycles. The van der Waals surface area contributed by atoms with Crippen LogP contribution in [0.25, 0.3) is 0 Å². The van der Waals surface area contributed by atoms with Gasteiger partial charge in [-0.2, -0.15) is 0 Å². The maximum Gasteiger partial charge on any atom is 0.250 e. The fraction of sp³-hybridized carbons (Fsp3) is 0.500. The third kappa shape index (κ3) is 2.77. The largest absolute Gasteiger partial charge is 0.342 e. The average molecular weight is 309 g/mol. The Morgan fingerprint density at radius 1 is 1.33 bits per heavy atom. The second-order valence-corrected chi connectivity index (χ2v) is 6.18. The van der Waals surface area contributed by atoms with Crippen molar-refractivity contribution in [3.05, 3.63) is 28.8 Å². The first-order valence-corrected chi connectivity index (χ1v) is 7.64. The number of nitrogens with zero attached hydrogens (tertiary/aromatic N) is 1. The number of carbonyl (C=O) groups excluding carboxylic acids is 2. The van der Waals surface area contributed by atoms with E-state index in [1.807, 2.05) is 39.8 Å². The highest BCUT2D eigenvalue weighted by Crippen LogP contribution is 2.34. The molecule has 0 saturated carbocycles. The molecule has 2 unspecified atom stereocenters. The van der Waals surface area contributed by atoms with Gasteiger partial charge >= 0.3 is 0 Å². The Labute approximate surface area is 130 Å². The number of piperazine rings is 1. The minimum atomic E-state index is -0.508. The molecule has 0 aromatic heterocycles. The average Bonchev–Trinajstić information content (AvgIpc) is 2.41. The topological polar surface area (TPSA) is 49.4 Å². The minimum Gasteiger partial charge on any atom is -0.342 e. The number of carbonyl (C=O) groups is 2. The molecule has 5 heteroatoms. The summed E-state index contributed by atoms with van der Waals surface area (Å²) in [6, 6.07) is 4.48. The normalized spacial score (nSPS) is 22.7. The van der Waals surface area contributed by atoms with Gasteiger partial charge in [0.05, 0.1) is 10.7 Å². The van der Waals surface area contributed by atoms with Gasteiger partial charge in [0.25, 0.3) is 5.91 Å². The Bertz CT molecular complexity index is 551. The van der Waals surface area contributed by atoms with Gasteiger partial charge in [0.2, 0.25) is 5.91 Å². The standard InChI is InChI=1S/C16H21ClN2O2/c1-5-12-15(20)18-13(9(2)3)16(21)19(12)14-10(4)7-6-8-11(14)17/h6-9,12-13H,5H2,1-4H3,(H,18,20). The summed E-state index contributed by atoms with van der Waals surface area (Å²) in [5, 5.41) is 3.33. The van der Waals surface area contributed by atoms with Gasteiger partial charge < -0.3 is 5.32 Å². The highest BCUT2D eigenvalue weighted by molar-refractivity contribution is 6.34. The van der Waals surface area contributed by atoms with Gasteiger partial charge in [-0.25, -0.2) is 0 Å². The van der Waals surface area contributed by atoms with Gasteiger partial charge in [0, 0.05) is 0 Å². The molecular formula is C16H21ClN2O2. The SMILES string of the molecule is CCC1C(=O)NC(C(C)C)C(=O)N1c1c(C)cccc1Cl. The zero-order chi connectivity index (χ0) is 15.7. The molecule has 1 N–H and O–H groups in total. The van der Waals surface area contributed by atoms with Crippen molar-refractivity contribution in [2.75, 3.05) is 4.90 Å². The number of amides is 2. The zero-order valence-corrected chi connectivity index (χ0v) is 13.6. The summed E-state index contributed by atoms with van der Waals surface area (Å²) < 4.78 is 0. The van der Waals surface area contributed by atoms with E-state index >= 15 is 0 Å². The van der Waals surface area contributed by atoms with E-state index < -0.39 is 12.1 Å². The number of hydrogen-bond donors (Lipinski definition) is 1.